The summed E-state index contributed by atoms with van der Waals surface area (Å²) in [6, 6.07) is 10.7. The Bertz CT molecular complexity index is 446. The van der Waals surface area contributed by atoms with Crippen LogP contribution in [0.25, 0.3) is 6.08 Å². The molecular formula is C11H9N3O2. The largest absolute Gasteiger partial charge is 0.329 e. The lowest BCUT2D eigenvalue weighted by Gasteiger charge is -1.98. The first-order chi connectivity index (χ1) is 7.77. The number of nitriles is 1. The molecule has 0 aromatic heterocycles. The highest BCUT2D eigenvalue weighted by Gasteiger charge is 2.07. The molecule has 5 nitrogen and oxygen atoms in total. The van der Waals surface area contributed by atoms with Gasteiger partial charge in [0.2, 0.25) is 0 Å². The minimum atomic E-state index is -0.606. The highest BCUT2D eigenvalue weighted by molar-refractivity contribution is 6.01. The van der Waals surface area contributed by atoms with Gasteiger partial charge < -0.3 is 5.32 Å². The monoisotopic (exact) mass is 215 g/mol. The molecule has 0 heterocycles. The van der Waals surface area contributed by atoms with Crippen LogP contribution in [0.15, 0.2) is 41.1 Å². The van der Waals surface area contributed by atoms with Gasteiger partial charge in [-0.3, -0.25) is 4.79 Å². The zero-order valence-electron chi connectivity index (χ0n) is 8.38. The zero-order valence-corrected chi connectivity index (χ0v) is 8.38. The van der Waals surface area contributed by atoms with Crippen molar-refractivity contribution in [2.24, 2.45) is 5.18 Å². The van der Waals surface area contributed by atoms with E-state index in [1.807, 2.05) is 6.07 Å². The van der Waals surface area contributed by atoms with Crippen LogP contribution < -0.4 is 5.32 Å². The second kappa shape index (κ2) is 6.09. The van der Waals surface area contributed by atoms with Gasteiger partial charge in [0.25, 0.3) is 5.91 Å². The van der Waals surface area contributed by atoms with Crippen LogP contribution in [-0.4, -0.2) is 12.6 Å². The number of hydrogen-bond acceptors (Lipinski definition) is 4. The first-order valence-corrected chi connectivity index (χ1v) is 4.52. The van der Waals surface area contributed by atoms with Crippen LogP contribution >= 0.6 is 0 Å². The Morgan fingerprint density at radius 3 is 2.69 bits per heavy atom. The molecule has 1 aromatic rings. The average molecular weight is 215 g/mol. The lowest BCUT2D eigenvalue weighted by atomic mass is 10.1. The Morgan fingerprint density at radius 2 is 2.12 bits per heavy atom. The van der Waals surface area contributed by atoms with Crippen molar-refractivity contribution in [3.63, 3.8) is 0 Å². The zero-order chi connectivity index (χ0) is 11.8. The molecule has 1 N–H and O–H groups in total. The third-order valence-electron chi connectivity index (χ3n) is 1.78. The molecule has 1 amide bonds. The van der Waals surface area contributed by atoms with Crippen LogP contribution in [0.5, 0.6) is 0 Å². The van der Waals surface area contributed by atoms with Crippen LogP contribution in [0.1, 0.15) is 5.56 Å². The van der Waals surface area contributed by atoms with Crippen LogP contribution in [0.3, 0.4) is 0 Å². The van der Waals surface area contributed by atoms with Gasteiger partial charge in [-0.2, -0.15) is 5.26 Å². The summed E-state index contributed by atoms with van der Waals surface area (Å²) < 4.78 is 0. The Kier molecular flexibility index (Phi) is 4.41. The maximum absolute atomic E-state index is 11.3. The Labute approximate surface area is 92.4 Å². The molecule has 0 aliphatic heterocycles. The van der Waals surface area contributed by atoms with Gasteiger partial charge in [0.15, 0.2) is 6.67 Å². The standard InChI is InChI=1S/C11H9N3O2/c12-7-10(11(15)13-8-14-16)6-9-4-2-1-3-5-9/h1-6H,8H2,(H,13,15)/b10-6+. The van der Waals surface area contributed by atoms with Gasteiger partial charge in [0.1, 0.15) is 11.6 Å². The van der Waals surface area contributed by atoms with Gasteiger partial charge in [-0.1, -0.05) is 30.3 Å². The SMILES string of the molecule is N#C/C(=C\c1ccccc1)C(=O)NCN=O. The molecule has 0 aliphatic carbocycles. The summed E-state index contributed by atoms with van der Waals surface area (Å²) in [5, 5.41) is 13.4. The summed E-state index contributed by atoms with van der Waals surface area (Å²) in [4.78, 5) is 21.1. The van der Waals surface area contributed by atoms with Crippen LogP contribution in [0.4, 0.5) is 0 Å². The van der Waals surface area contributed by atoms with Crippen LogP contribution in [0.2, 0.25) is 0 Å². The number of carbonyl (C=O) groups is 1. The van der Waals surface area contributed by atoms with Crippen LogP contribution in [-0.2, 0) is 4.79 Å². The van der Waals surface area contributed by atoms with E-state index in [0.717, 1.165) is 5.56 Å². The van der Waals surface area contributed by atoms with Gasteiger partial charge >= 0.3 is 0 Å². The predicted molar refractivity (Wildman–Crippen MR) is 58.8 cm³/mol. The Hall–Kier alpha value is -2.48. The molecular weight excluding hydrogens is 206 g/mol. The van der Waals surface area contributed by atoms with Crippen molar-refractivity contribution in [3.8, 4) is 6.07 Å². The molecule has 0 bridgehead atoms. The van der Waals surface area contributed by atoms with Crippen molar-refractivity contribution < 1.29 is 4.79 Å². The quantitative estimate of drug-likeness (QED) is 0.468. The summed E-state index contributed by atoms with van der Waals surface area (Å²) in [5.74, 6) is -0.606. The molecule has 5 heteroatoms. The summed E-state index contributed by atoms with van der Waals surface area (Å²) in [5.41, 5.74) is 0.683. The van der Waals surface area contributed by atoms with Crippen molar-refractivity contribution in [2.75, 3.05) is 6.67 Å². The number of nitroso groups, excluding NO2 is 1. The number of nitrogens with one attached hydrogen (secondary N) is 1. The van der Waals surface area contributed by atoms with Crippen LogP contribution in [0, 0.1) is 16.2 Å². The summed E-state index contributed by atoms with van der Waals surface area (Å²) in [6.45, 7) is -0.341. The van der Waals surface area contributed by atoms with E-state index >= 15 is 0 Å². The molecule has 0 aliphatic rings. The predicted octanol–water partition coefficient (Wildman–Crippen LogP) is 1.43. The third kappa shape index (κ3) is 3.35. The van der Waals surface area contributed by atoms with E-state index in [2.05, 4.69) is 10.5 Å². The molecule has 0 unspecified atom stereocenters. The summed E-state index contributed by atoms with van der Waals surface area (Å²) in [6.07, 6.45) is 1.44. The highest BCUT2D eigenvalue weighted by Crippen LogP contribution is 2.05. The van der Waals surface area contributed by atoms with Crippen molar-refractivity contribution in [1.82, 2.24) is 5.32 Å². The molecule has 0 spiro atoms. The second-order valence-corrected chi connectivity index (χ2v) is 2.87. The fourth-order valence-corrected chi connectivity index (χ4v) is 1.06. The van der Waals surface area contributed by atoms with E-state index in [-0.39, 0.29) is 12.2 Å². The van der Waals surface area contributed by atoms with Crippen molar-refractivity contribution in [3.05, 3.63) is 46.4 Å². The lowest BCUT2D eigenvalue weighted by Crippen LogP contribution is -2.24. The van der Waals surface area contributed by atoms with Gasteiger partial charge in [-0.15, -0.1) is 4.91 Å². The molecule has 0 radical (unpaired) electrons. The smallest absolute Gasteiger partial charge is 0.263 e. The molecule has 80 valence electrons. The van der Waals surface area contributed by atoms with E-state index in [0.29, 0.717) is 0 Å². The molecule has 0 saturated heterocycles. The lowest BCUT2D eigenvalue weighted by molar-refractivity contribution is -0.116. The van der Waals surface area contributed by atoms with E-state index in [9.17, 15) is 9.70 Å². The fourth-order valence-electron chi connectivity index (χ4n) is 1.06. The molecule has 1 rings (SSSR count). The minimum Gasteiger partial charge on any atom is -0.329 e. The van der Waals surface area contributed by atoms with E-state index in [4.69, 9.17) is 5.26 Å². The molecule has 1 aromatic carbocycles. The van der Waals surface area contributed by atoms with Crippen molar-refractivity contribution in [2.45, 2.75) is 0 Å². The van der Waals surface area contributed by atoms with Crippen molar-refractivity contribution in [1.29, 1.82) is 5.26 Å². The number of benzene rings is 1. The van der Waals surface area contributed by atoms with Gasteiger partial charge in [-0.25, -0.2) is 0 Å². The highest BCUT2D eigenvalue weighted by atomic mass is 16.3. The third-order valence-corrected chi connectivity index (χ3v) is 1.78. The number of amides is 1. The molecule has 0 saturated carbocycles. The van der Waals surface area contributed by atoms with Gasteiger partial charge in [0.05, 0.1) is 0 Å². The van der Waals surface area contributed by atoms with E-state index in [1.54, 1.807) is 30.3 Å². The minimum absolute atomic E-state index is 0.0603. The summed E-state index contributed by atoms with van der Waals surface area (Å²) in [7, 11) is 0. The van der Waals surface area contributed by atoms with Crippen molar-refractivity contribution >= 4 is 12.0 Å². The first kappa shape index (κ1) is 11.6. The normalized spacial score (nSPS) is 10.3. The maximum Gasteiger partial charge on any atom is 0.263 e. The number of hydrogen-bond donors (Lipinski definition) is 1. The maximum atomic E-state index is 11.3. The Morgan fingerprint density at radius 1 is 1.44 bits per heavy atom. The van der Waals surface area contributed by atoms with E-state index in [1.165, 1.54) is 6.08 Å². The summed E-state index contributed by atoms with van der Waals surface area (Å²) >= 11 is 0. The Balaban J connectivity index is 2.83. The number of carbonyl (C=O) groups excluding carboxylic acids is 1. The number of nitrogens with zero attached hydrogens (tertiary/aromatic N) is 2. The average Bonchev–Trinajstić information content (AvgIpc) is 2.34. The van der Waals surface area contributed by atoms with Gasteiger partial charge in [0, 0.05) is 0 Å². The molecule has 16 heavy (non-hydrogen) atoms. The molecule has 0 fully saturated rings. The topological polar surface area (TPSA) is 82.3 Å². The first-order valence-electron chi connectivity index (χ1n) is 4.52. The molecule has 0 atom stereocenters. The van der Waals surface area contributed by atoms with Gasteiger partial charge in [-0.05, 0) is 16.8 Å². The fraction of sp³-hybridized carbons (Fsp3) is 0.0909. The number of rotatable bonds is 4. The second-order valence-electron chi connectivity index (χ2n) is 2.87. The van der Waals surface area contributed by atoms with E-state index < -0.39 is 5.91 Å².